The molecule has 0 fully saturated rings. The summed E-state index contributed by atoms with van der Waals surface area (Å²) in [6.07, 6.45) is 0. The van der Waals surface area contributed by atoms with E-state index in [2.05, 4.69) is 10.0 Å². The Bertz CT molecular complexity index is 817. The predicted molar refractivity (Wildman–Crippen MR) is 89.0 cm³/mol. The minimum absolute atomic E-state index is 0.0586. The van der Waals surface area contributed by atoms with Crippen LogP contribution in [0.3, 0.4) is 0 Å². The lowest BCUT2D eigenvalue weighted by Crippen LogP contribution is -2.16. The summed E-state index contributed by atoms with van der Waals surface area (Å²) in [6.45, 7) is 1.34. The molecule has 7 nitrogen and oxygen atoms in total. The van der Waals surface area contributed by atoms with Gasteiger partial charge in [-0.25, -0.2) is 8.42 Å². The lowest BCUT2D eigenvalue weighted by atomic mass is 10.2. The average molecular weight is 335 g/mol. The highest BCUT2D eigenvalue weighted by Crippen LogP contribution is 2.29. The third-order valence-corrected chi connectivity index (χ3v) is 4.35. The molecule has 0 unspecified atom stereocenters. The van der Waals surface area contributed by atoms with Gasteiger partial charge in [-0.15, -0.1) is 0 Å². The summed E-state index contributed by atoms with van der Waals surface area (Å²) in [5.74, 6) is 0.136. The Morgan fingerprint density at radius 2 is 1.74 bits per heavy atom. The first kappa shape index (κ1) is 16.6. The highest BCUT2D eigenvalue weighted by atomic mass is 32.2. The third kappa shape index (κ3) is 4.13. The van der Waals surface area contributed by atoms with E-state index in [1.165, 1.54) is 44.4 Å². The van der Waals surface area contributed by atoms with Crippen LogP contribution in [0, 0.1) is 0 Å². The third-order valence-electron chi connectivity index (χ3n) is 2.97. The first-order valence-corrected chi connectivity index (χ1v) is 8.14. The number of ether oxygens (including phenoxy) is 1. The van der Waals surface area contributed by atoms with E-state index in [9.17, 15) is 13.2 Å². The molecule has 2 rings (SSSR count). The molecular weight excluding hydrogens is 318 g/mol. The minimum Gasteiger partial charge on any atom is -0.497 e. The normalized spacial score (nSPS) is 10.9. The molecule has 0 atom stereocenters. The van der Waals surface area contributed by atoms with Gasteiger partial charge in [0.1, 0.15) is 5.75 Å². The number of hydrogen-bond acceptors (Lipinski definition) is 5. The smallest absolute Gasteiger partial charge is 0.261 e. The summed E-state index contributed by atoms with van der Waals surface area (Å²) < 4.78 is 32.4. The highest BCUT2D eigenvalue weighted by molar-refractivity contribution is 7.92. The van der Waals surface area contributed by atoms with Gasteiger partial charge in [0.2, 0.25) is 5.91 Å². The molecule has 0 aromatic heterocycles. The van der Waals surface area contributed by atoms with Crippen LogP contribution in [0.5, 0.6) is 5.75 Å². The van der Waals surface area contributed by atoms with E-state index in [1.54, 1.807) is 12.1 Å². The molecule has 0 aliphatic heterocycles. The predicted octanol–water partition coefficient (Wildman–Crippen LogP) is 2.04. The zero-order chi connectivity index (χ0) is 17.0. The van der Waals surface area contributed by atoms with Gasteiger partial charge in [0.15, 0.2) is 0 Å². The average Bonchev–Trinajstić information content (AvgIpc) is 2.48. The van der Waals surface area contributed by atoms with Crippen molar-refractivity contribution in [2.75, 3.05) is 22.9 Å². The molecular formula is C15H17N3O4S. The topological polar surface area (TPSA) is 111 Å². The number of amides is 1. The van der Waals surface area contributed by atoms with Gasteiger partial charge in [-0.3, -0.25) is 9.52 Å². The van der Waals surface area contributed by atoms with Gasteiger partial charge in [-0.1, -0.05) is 0 Å². The van der Waals surface area contributed by atoms with Crippen molar-refractivity contribution in [2.24, 2.45) is 0 Å². The van der Waals surface area contributed by atoms with Crippen molar-refractivity contribution in [2.45, 2.75) is 11.8 Å². The number of nitrogen functional groups attached to an aromatic ring is 1. The van der Waals surface area contributed by atoms with E-state index >= 15 is 0 Å². The van der Waals surface area contributed by atoms with E-state index in [0.29, 0.717) is 17.1 Å². The summed E-state index contributed by atoms with van der Waals surface area (Å²) in [5, 5.41) is 2.57. The molecule has 0 bridgehead atoms. The fourth-order valence-corrected chi connectivity index (χ4v) is 2.95. The van der Waals surface area contributed by atoms with Crippen molar-refractivity contribution in [1.29, 1.82) is 0 Å². The van der Waals surface area contributed by atoms with Gasteiger partial charge >= 0.3 is 0 Å². The zero-order valence-corrected chi connectivity index (χ0v) is 13.5. The van der Waals surface area contributed by atoms with Crippen LogP contribution >= 0.6 is 0 Å². The van der Waals surface area contributed by atoms with Crippen LogP contribution in [-0.4, -0.2) is 21.4 Å². The molecule has 122 valence electrons. The molecule has 2 aromatic rings. The number of nitrogens with one attached hydrogen (secondary N) is 2. The number of anilines is 3. The Morgan fingerprint density at radius 1 is 1.09 bits per heavy atom. The number of sulfonamides is 1. The molecule has 0 saturated heterocycles. The highest BCUT2D eigenvalue weighted by Gasteiger charge is 2.17. The summed E-state index contributed by atoms with van der Waals surface area (Å²) in [7, 11) is -2.36. The molecule has 0 radical (unpaired) electrons. The number of benzene rings is 2. The summed E-state index contributed by atoms with van der Waals surface area (Å²) >= 11 is 0. The van der Waals surface area contributed by atoms with E-state index in [1.807, 2.05) is 0 Å². The summed E-state index contributed by atoms with van der Waals surface area (Å²) in [5.41, 5.74) is 6.56. The number of methoxy groups -OCH3 is 1. The maximum Gasteiger partial charge on any atom is 0.261 e. The molecule has 2 aromatic carbocycles. The molecule has 0 heterocycles. The van der Waals surface area contributed by atoms with Crippen molar-refractivity contribution in [1.82, 2.24) is 0 Å². The van der Waals surface area contributed by atoms with Crippen LogP contribution in [0.2, 0.25) is 0 Å². The van der Waals surface area contributed by atoms with Gasteiger partial charge in [-0.05, 0) is 36.4 Å². The van der Waals surface area contributed by atoms with Gasteiger partial charge in [0.05, 0.1) is 23.4 Å². The number of nitrogens with two attached hydrogens (primary N) is 1. The first-order valence-electron chi connectivity index (χ1n) is 6.66. The standard InChI is InChI=1S/C15H17N3O4S/c1-10(19)17-14-8-5-12(22-2)9-15(14)18-23(20,21)13-6-3-11(16)4-7-13/h3-9,18H,16H2,1-2H3,(H,17,19). The first-order chi connectivity index (χ1) is 10.8. The van der Waals surface area contributed by atoms with Crippen LogP contribution in [0.4, 0.5) is 17.1 Å². The van der Waals surface area contributed by atoms with E-state index in [0.717, 1.165) is 0 Å². The molecule has 23 heavy (non-hydrogen) atoms. The monoisotopic (exact) mass is 335 g/mol. The van der Waals surface area contributed by atoms with Crippen molar-refractivity contribution < 1.29 is 17.9 Å². The van der Waals surface area contributed by atoms with Crippen LogP contribution in [0.25, 0.3) is 0 Å². The van der Waals surface area contributed by atoms with Crippen LogP contribution in [0.1, 0.15) is 6.92 Å². The van der Waals surface area contributed by atoms with Crippen LogP contribution in [0.15, 0.2) is 47.4 Å². The summed E-state index contributed by atoms with van der Waals surface area (Å²) in [6, 6.07) is 10.4. The van der Waals surface area contributed by atoms with Crippen molar-refractivity contribution in [3.05, 3.63) is 42.5 Å². The minimum atomic E-state index is -3.83. The lowest BCUT2D eigenvalue weighted by molar-refractivity contribution is -0.114. The van der Waals surface area contributed by atoms with Gasteiger partial charge in [0, 0.05) is 18.7 Å². The number of carbonyl (C=O) groups excluding carboxylic acids is 1. The largest absolute Gasteiger partial charge is 0.497 e. The van der Waals surface area contributed by atoms with Gasteiger partial charge in [0.25, 0.3) is 10.0 Å². The Labute approximate surface area is 134 Å². The number of hydrogen-bond donors (Lipinski definition) is 3. The van der Waals surface area contributed by atoms with Crippen LogP contribution in [-0.2, 0) is 14.8 Å². The molecule has 1 amide bonds. The van der Waals surface area contributed by atoms with Gasteiger partial charge in [-0.2, -0.15) is 0 Å². The SMILES string of the molecule is COc1ccc(NC(C)=O)c(NS(=O)(=O)c2ccc(N)cc2)c1. The summed E-state index contributed by atoms with van der Waals surface area (Å²) in [4.78, 5) is 11.3. The van der Waals surface area contributed by atoms with Crippen molar-refractivity contribution in [3.8, 4) is 5.75 Å². The number of carbonyl (C=O) groups is 1. The second kappa shape index (κ2) is 6.57. The van der Waals surface area contributed by atoms with Crippen LogP contribution < -0.4 is 20.5 Å². The molecule has 0 spiro atoms. The molecule has 0 aliphatic carbocycles. The second-order valence-corrected chi connectivity index (χ2v) is 6.45. The fraction of sp³-hybridized carbons (Fsp3) is 0.133. The Kier molecular flexibility index (Phi) is 4.75. The maximum atomic E-state index is 12.4. The van der Waals surface area contributed by atoms with E-state index in [-0.39, 0.29) is 16.5 Å². The maximum absolute atomic E-state index is 12.4. The Balaban J connectivity index is 2.40. The van der Waals surface area contributed by atoms with Crippen molar-refractivity contribution >= 4 is 33.0 Å². The van der Waals surface area contributed by atoms with Crippen molar-refractivity contribution in [3.63, 3.8) is 0 Å². The number of rotatable bonds is 5. The van der Waals surface area contributed by atoms with E-state index in [4.69, 9.17) is 10.5 Å². The molecule has 0 aliphatic rings. The zero-order valence-electron chi connectivity index (χ0n) is 12.7. The second-order valence-electron chi connectivity index (χ2n) is 4.77. The Morgan fingerprint density at radius 3 is 2.30 bits per heavy atom. The molecule has 8 heteroatoms. The fourth-order valence-electron chi connectivity index (χ4n) is 1.88. The van der Waals surface area contributed by atoms with E-state index < -0.39 is 10.0 Å². The quantitative estimate of drug-likeness (QED) is 0.724. The van der Waals surface area contributed by atoms with Gasteiger partial charge < -0.3 is 15.8 Å². The molecule has 4 N–H and O–H groups in total. The molecule has 0 saturated carbocycles. The lowest BCUT2D eigenvalue weighted by Gasteiger charge is -2.14. The Hall–Kier alpha value is -2.74.